The van der Waals surface area contributed by atoms with Crippen molar-refractivity contribution >= 4 is 23.3 Å². The third-order valence-electron chi connectivity index (χ3n) is 4.25. The van der Waals surface area contributed by atoms with E-state index >= 15 is 0 Å². The maximum Gasteiger partial charge on any atom is 0.178 e. The first-order valence-electron chi connectivity index (χ1n) is 6.76. The molecule has 1 saturated heterocycles. The van der Waals surface area contributed by atoms with Crippen LogP contribution >= 0.6 is 12.2 Å². The van der Waals surface area contributed by atoms with Crippen molar-refractivity contribution in [2.45, 2.75) is 31.3 Å². The largest absolute Gasteiger partial charge is 0.331 e. The lowest BCUT2D eigenvalue weighted by atomic mass is 10.2. The van der Waals surface area contributed by atoms with Crippen LogP contribution in [-0.4, -0.2) is 33.6 Å². The molecule has 0 spiro atoms. The minimum absolute atomic E-state index is 0.550. The van der Waals surface area contributed by atoms with Crippen molar-refractivity contribution in [2.75, 3.05) is 13.1 Å². The van der Waals surface area contributed by atoms with Gasteiger partial charge in [0.25, 0.3) is 0 Å². The second-order valence-electron chi connectivity index (χ2n) is 5.49. The molecule has 3 nitrogen and oxygen atoms in total. The molecule has 0 bridgehead atoms. The van der Waals surface area contributed by atoms with Gasteiger partial charge in [-0.1, -0.05) is 12.1 Å². The fourth-order valence-corrected chi connectivity index (χ4v) is 3.54. The van der Waals surface area contributed by atoms with Crippen LogP contribution in [0.3, 0.4) is 0 Å². The first-order chi connectivity index (χ1) is 8.83. The monoisotopic (exact) mass is 259 g/mol. The Balaban J connectivity index is 1.74. The molecule has 1 N–H and O–H groups in total. The van der Waals surface area contributed by atoms with Gasteiger partial charge in [0.2, 0.25) is 0 Å². The van der Waals surface area contributed by atoms with Gasteiger partial charge in [0.1, 0.15) is 0 Å². The van der Waals surface area contributed by atoms with E-state index in [0.717, 1.165) is 16.3 Å². The van der Waals surface area contributed by atoms with E-state index in [1.165, 1.54) is 37.9 Å². The quantitative estimate of drug-likeness (QED) is 0.838. The molecule has 4 heteroatoms. The van der Waals surface area contributed by atoms with Gasteiger partial charge in [-0.25, -0.2) is 0 Å². The zero-order valence-electron chi connectivity index (χ0n) is 10.3. The topological polar surface area (TPSA) is 24.0 Å². The number of hydrogen-bond donors (Lipinski definition) is 1. The second kappa shape index (κ2) is 3.93. The first kappa shape index (κ1) is 10.8. The summed E-state index contributed by atoms with van der Waals surface area (Å²) in [5, 5.41) is 0. The van der Waals surface area contributed by atoms with Gasteiger partial charge in [0, 0.05) is 19.1 Å². The van der Waals surface area contributed by atoms with E-state index in [4.69, 9.17) is 12.2 Å². The van der Waals surface area contributed by atoms with Crippen LogP contribution in [0.4, 0.5) is 0 Å². The van der Waals surface area contributed by atoms with Gasteiger partial charge >= 0.3 is 0 Å². The molecule has 1 unspecified atom stereocenters. The molecule has 4 rings (SSSR count). The van der Waals surface area contributed by atoms with Gasteiger partial charge < -0.3 is 9.55 Å². The zero-order chi connectivity index (χ0) is 12.1. The lowest BCUT2D eigenvalue weighted by Crippen LogP contribution is -2.23. The van der Waals surface area contributed by atoms with Gasteiger partial charge in [-0.15, -0.1) is 0 Å². The van der Waals surface area contributed by atoms with Gasteiger partial charge in [0.05, 0.1) is 17.1 Å². The highest BCUT2D eigenvalue weighted by Gasteiger charge is 2.35. The molecule has 1 aromatic carbocycles. The summed E-state index contributed by atoms with van der Waals surface area (Å²) in [7, 11) is 0. The third-order valence-corrected chi connectivity index (χ3v) is 4.55. The molecule has 2 heterocycles. The lowest BCUT2D eigenvalue weighted by molar-refractivity contribution is 0.314. The first-order valence-corrected chi connectivity index (χ1v) is 7.17. The maximum absolute atomic E-state index is 5.50. The molecule has 0 amide bonds. The average molecular weight is 259 g/mol. The number of imidazole rings is 1. The molecule has 1 aliphatic carbocycles. The Morgan fingerprint density at radius 1 is 1.11 bits per heavy atom. The molecular weight excluding hydrogens is 242 g/mol. The normalized spacial score (nSPS) is 25.0. The molecule has 1 atom stereocenters. The Bertz CT molecular complexity index is 638. The summed E-state index contributed by atoms with van der Waals surface area (Å²) < 4.78 is 3.20. The molecule has 2 aliphatic rings. The standard InChI is InChI=1S/C14H17N3S/c18-14-15-12-3-1-2-4-13(12)17(14)11-7-8-16(9-11)10-5-6-10/h1-4,10-11H,5-9H2,(H,15,18). The van der Waals surface area contributed by atoms with Crippen LogP contribution in [0, 0.1) is 4.77 Å². The molecule has 94 valence electrons. The molecule has 1 saturated carbocycles. The Kier molecular flexibility index (Phi) is 2.35. The van der Waals surface area contributed by atoms with Crippen molar-refractivity contribution in [3.8, 4) is 0 Å². The molecular formula is C14H17N3S. The van der Waals surface area contributed by atoms with Crippen LogP contribution in [0.15, 0.2) is 24.3 Å². The Morgan fingerprint density at radius 3 is 2.78 bits per heavy atom. The SMILES string of the molecule is S=c1[nH]c2ccccc2n1C1CCN(C2CC2)C1. The van der Waals surface area contributed by atoms with Crippen LogP contribution in [0.1, 0.15) is 25.3 Å². The number of fused-ring (bicyclic) bond motifs is 1. The molecule has 0 radical (unpaired) electrons. The number of benzene rings is 1. The fraction of sp³-hybridized carbons (Fsp3) is 0.500. The second-order valence-corrected chi connectivity index (χ2v) is 5.87. The number of likely N-dealkylation sites (tertiary alicyclic amines) is 1. The van der Waals surface area contributed by atoms with Crippen LogP contribution < -0.4 is 0 Å². The van der Waals surface area contributed by atoms with Crippen LogP contribution in [-0.2, 0) is 0 Å². The average Bonchev–Trinajstić information content (AvgIpc) is 3.01. The number of aromatic amines is 1. The number of aromatic nitrogens is 2. The summed E-state index contributed by atoms with van der Waals surface area (Å²) in [5.41, 5.74) is 2.41. The highest BCUT2D eigenvalue weighted by molar-refractivity contribution is 7.71. The van der Waals surface area contributed by atoms with E-state index in [9.17, 15) is 0 Å². The van der Waals surface area contributed by atoms with Crippen LogP contribution in [0.25, 0.3) is 11.0 Å². The molecule has 2 aromatic rings. The van der Waals surface area contributed by atoms with E-state index in [-0.39, 0.29) is 0 Å². The Morgan fingerprint density at radius 2 is 1.94 bits per heavy atom. The summed E-state index contributed by atoms with van der Waals surface area (Å²) in [5.74, 6) is 0. The van der Waals surface area contributed by atoms with E-state index in [2.05, 4.69) is 38.7 Å². The summed E-state index contributed by atoms with van der Waals surface area (Å²) in [4.78, 5) is 5.96. The van der Waals surface area contributed by atoms with E-state index in [0.29, 0.717) is 6.04 Å². The number of para-hydroxylation sites is 2. The molecule has 1 aliphatic heterocycles. The van der Waals surface area contributed by atoms with Crippen molar-refractivity contribution in [1.82, 2.24) is 14.5 Å². The minimum Gasteiger partial charge on any atom is -0.331 e. The minimum atomic E-state index is 0.550. The highest BCUT2D eigenvalue weighted by Crippen LogP contribution is 2.34. The highest BCUT2D eigenvalue weighted by atomic mass is 32.1. The summed E-state index contributed by atoms with van der Waals surface area (Å²) in [6, 6.07) is 9.85. The van der Waals surface area contributed by atoms with E-state index < -0.39 is 0 Å². The molecule has 1 aromatic heterocycles. The van der Waals surface area contributed by atoms with E-state index in [1.54, 1.807) is 0 Å². The van der Waals surface area contributed by atoms with Gasteiger partial charge in [0.15, 0.2) is 4.77 Å². The predicted octanol–water partition coefficient (Wildman–Crippen LogP) is 3.11. The number of hydrogen-bond acceptors (Lipinski definition) is 2. The number of nitrogens with zero attached hydrogens (tertiary/aromatic N) is 2. The lowest BCUT2D eigenvalue weighted by Gasteiger charge is -2.16. The van der Waals surface area contributed by atoms with Gasteiger partial charge in [-0.2, -0.15) is 0 Å². The smallest absolute Gasteiger partial charge is 0.178 e. The summed E-state index contributed by atoms with van der Waals surface area (Å²) >= 11 is 5.50. The number of H-pyrrole nitrogens is 1. The third kappa shape index (κ3) is 1.63. The molecule has 2 fully saturated rings. The van der Waals surface area contributed by atoms with Crippen molar-refractivity contribution < 1.29 is 0 Å². The van der Waals surface area contributed by atoms with Gasteiger partial charge in [-0.05, 0) is 43.6 Å². The predicted molar refractivity (Wildman–Crippen MR) is 75.4 cm³/mol. The maximum atomic E-state index is 5.50. The molecule has 18 heavy (non-hydrogen) atoms. The summed E-state index contributed by atoms with van der Waals surface area (Å²) in [6.07, 6.45) is 4.02. The van der Waals surface area contributed by atoms with Crippen molar-refractivity contribution in [3.63, 3.8) is 0 Å². The van der Waals surface area contributed by atoms with Crippen molar-refractivity contribution in [3.05, 3.63) is 29.0 Å². The van der Waals surface area contributed by atoms with Crippen molar-refractivity contribution in [1.29, 1.82) is 0 Å². The zero-order valence-corrected chi connectivity index (χ0v) is 11.1. The summed E-state index contributed by atoms with van der Waals surface area (Å²) in [6.45, 7) is 2.40. The van der Waals surface area contributed by atoms with Crippen LogP contribution in [0.5, 0.6) is 0 Å². The van der Waals surface area contributed by atoms with Crippen molar-refractivity contribution in [2.24, 2.45) is 0 Å². The Hall–Kier alpha value is -1.13. The number of nitrogens with one attached hydrogen (secondary N) is 1. The fourth-order valence-electron chi connectivity index (χ4n) is 3.19. The van der Waals surface area contributed by atoms with Gasteiger partial charge in [-0.3, -0.25) is 4.90 Å². The Labute approximate surface area is 111 Å². The number of rotatable bonds is 2. The van der Waals surface area contributed by atoms with Crippen LogP contribution in [0.2, 0.25) is 0 Å². The van der Waals surface area contributed by atoms with E-state index in [1.807, 2.05) is 0 Å².